The number of benzene rings is 4. The first-order valence-corrected chi connectivity index (χ1v) is 19.9. The van der Waals surface area contributed by atoms with Gasteiger partial charge in [-0.15, -0.1) is 0 Å². The summed E-state index contributed by atoms with van der Waals surface area (Å²) in [5.41, 5.74) is 2.50. The summed E-state index contributed by atoms with van der Waals surface area (Å²) in [7, 11) is 4.47. The molecule has 4 aromatic carbocycles. The molecule has 0 fully saturated rings. The Hall–Kier alpha value is -6.08. The van der Waals surface area contributed by atoms with E-state index in [4.69, 9.17) is 33.2 Å². The second-order valence-corrected chi connectivity index (χ2v) is 13.8. The molecule has 0 radical (unpaired) electrons. The minimum atomic E-state index is -0.539. The molecule has 3 amide bonds. The van der Waals surface area contributed by atoms with E-state index in [2.05, 4.69) is 5.32 Å². The summed E-state index contributed by atoms with van der Waals surface area (Å²) in [6.07, 6.45) is -0.802. The van der Waals surface area contributed by atoms with Crippen molar-refractivity contribution in [1.29, 1.82) is 0 Å². The van der Waals surface area contributed by atoms with Gasteiger partial charge >= 0.3 is 5.97 Å². The summed E-state index contributed by atoms with van der Waals surface area (Å²) in [6.45, 7) is 7.05. The number of amides is 3. The first-order valence-electron chi connectivity index (χ1n) is 19.9. The summed E-state index contributed by atoms with van der Waals surface area (Å²) in [4.78, 5) is 66.9. The molecule has 0 saturated heterocycles. The third-order valence-corrected chi connectivity index (χ3v) is 9.25. The zero-order valence-electron chi connectivity index (χ0n) is 35.6. The fourth-order valence-electron chi connectivity index (χ4n) is 5.96. The number of hydrogen-bond donors (Lipinski definition) is 1. The molecule has 17 heteroatoms. The number of ether oxygens (including phenoxy) is 7. The monoisotopic (exact) mass is 858 g/mol. The van der Waals surface area contributed by atoms with Crippen molar-refractivity contribution in [3.05, 3.63) is 129 Å². The van der Waals surface area contributed by atoms with E-state index < -0.39 is 28.8 Å². The first-order chi connectivity index (χ1) is 29.9. The Morgan fingerprint density at radius 3 is 1.39 bits per heavy atom. The zero-order chi connectivity index (χ0) is 44.9. The van der Waals surface area contributed by atoms with Crippen molar-refractivity contribution in [2.24, 2.45) is 0 Å². The lowest BCUT2D eigenvalue weighted by Gasteiger charge is -2.27. The molecule has 4 aromatic rings. The number of carbonyl (C=O) groups is 4. The molecule has 62 heavy (non-hydrogen) atoms. The summed E-state index contributed by atoms with van der Waals surface area (Å²) in [6, 6.07) is 24.6. The van der Waals surface area contributed by atoms with Gasteiger partial charge in [-0.05, 0) is 98.8 Å². The molecular formula is C45H54N4O13. The SMILES string of the molecule is COCCOCCO[C@H](C)CN(C(=O)c1ccc([N+](=O)[O-])cc1)c1ccc(C(=O)Nc2ccc(C(=O)N(C[C@@H](C)OCCOCCOC)c3ccc(C(=O)OC)cc3)cc2)cc1. The molecule has 1 N–H and O–H groups in total. The van der Waals surface area contributed by atoms with Gasteiger partial charge in [-0.1, -0.05) is 0 Å². The van der Waals surface area contributed by atoms with Crippen molar-refractivity contribution < 1.29 is 57.3 Å². The van der Waals surface area contributed by atoms with Gasteiger partial charge in [-0.25, -0.2) is 4.79 Å². The number of non-ortho nitro benzene ring substituents is 1. The van der Waals surface area contributed by atoms with Crippen LogP contribution in [0.2, 0.25) is 0 Å². The van der Waals surface area contributed by atoms with E-state index in [0.717, 1.165) is 0 Å². The molecule has 4 rings (SSSR count). The van der Waals surface area contributed by atoms with E-state index >= 15 is 0 Å². The van der Waals surface area contributed by atoms with E-state index in [1.165, 1.54) is 36.3 Å². The third-order valence-electron chi connectivity index (χ3n) is 9.25. The molecule has 0 aliphatic rings. The van der Waals surface area contributed by atoms with Crippen LogP contribution in [0.1, 0.15) is 55.3 Å². The number of esters is 1. The molecule has 17 nitrogen and oxygen atoms in total. The largest absolute Gasteiger partial charge is 0.465 e. The van der Waals surface area contributed by atoms with E-state index in [1.54, 1.807) is 91.9 Å². The maximum absolute atomic E-state index is 14.0. The van der Waals surface area contributed by atoms with Crippen LogP contribution in [-0.2, 0) is 33.2 Å². The zero-order valence-corrected chi connectivity index (χ0v) is 35.6. The molecule has 332 valence electrons. The number of nitrogens with zero attached hydrogens (tertiary/aromatic N) is 3. The van der Waals surface area contributed by atoms with Crippen LogP contribution in [0.4, 0.5) is 22.7 Å². The number of rotatable bonds is 26. The Balaban J connectivity index is 1.45. The predicted molar refractivity (Wildman–Crippen MR) is 231 cm³/mol. The van der Waals surface area contributed by atoms with E-state index in [0.29, 0.717) is 80.0 Å². The molecule has 0 saturated carbocycles. The van der Waals surface area contributed by atoms with Gasteiger partial charge in [0, 0.05) is 60.1 Å². The summed E-state index contributed by atoms with van der Waals surface area (Å²) < 4.78 is 37.5. The second-order valence-electron chi connectivity index (χ2n) is 13.8. The minimum Gasteiger partial charge on any atom is -0.465 e. The number of nitro groups is 1. The molecule has 2 atom stereocenters. The Kier molecular flexibility index (Phi) is 20.1. The van der Waals surface area contributed by atoms with Gasteiger partial charge in [0.1, 0.15) is 0 Å². The highest BCUT2D eigenvalue weighted by molar-refractivity contribution is 6.09. The van der Waals surface area contributed by atoms with Crippen LogP contribution < -0.4 is 15.1 Å². The highest BCUT2D eigenvalue weighted by atomic mass is 16.6. The van der Waals surface area contributed by atoms with Crippen molar-refractivity contribution in [3.8, 4) is 0 Å². The normalized spacial score (nSPS) is 12.0. The van der Waals surface area contributed by atoms with Crippen LogP contribution in [0.5, 0.6) is 0 Å². The highest BCUT2D eigenvalue weighted by Crippen LogP contribution is 2.24. The van der Waals surface area contributed by atoms with Crippen LogP contribution in [0, 0.1) is 10.1 Å². The van der Waals surface area contributed by atoms with Gasteiger partial charge in [-0.3, -0.25) is 24.5 Å². The fraction of sp³-hybridized carbons (Fsp3) is 0.378. The summed E-state index contributed by atoms with van der Waals surface area (Å²) in [5.74, 6) is -1.68. The molecule has 0 aromatic heterocycles. The Labute approximate surface area is 360 Å². The van der Waals surface area contributed by atoms with Gasteiger partial charge < -0.3 is 48.3 Å². The number of methoxy groups -OCH3 is 3. The van der Waals surface area contributed by atoms with E-state index in [9.17, 15) is 29.3 Å². The van der Waals surface area contributed by atoms with Crippen LogP contribution in [0.15, 0.2) is 97.1 Å². The van der Waals surface area contributed by atoms with Crippen LogP contribution >= 0.6 is 0 Å². The molecule has 0 aliphatic carbocycles. The maximum Gasteiger partial charge on any atom is 0.337 e. The molecule has 0 heterocycles. The number of nitrogens with one attached hydrogen (secondary N) is 1. The van der Waals surface area contributed by atoms with Crippen molar-refractivity contribution in [3.63, 3.8) is 0 Å². The molecule has 0 unspecified atom stereocenters. The van der Waals surface area contributed by atoms with Crippen molar-refractivity contribution in [2.75, 3.05) is 102 Å². The van der Waals surface area contributed by atoms with Crippen molar-refractivity contribution in [1.82, 2.24) is 0 Å². The van der Waals surface area contributed by atoms with Gasteiger partial charge in [0.2, 0.25) is 0 Å². The minimum absolute atomic E-state index is 0.136. The molecule has 0 spiro atoms. The Morgan fingerprint density at radius 1 is 0.565 bits per heavy atom. The molecule has 0 aliphatic heterocycles. The number of anilines is 3. The van der Waals surface area contributed by atoms with Crippen molar-refractivity contribution >= 4 is 46.4 Å². The first kappa shape index (κ1) is 48.6. The lowest BCUT2D eigenvalue weighted by Crippen LogP contribution is -2.38. The Morgan fingerprint density at radius 2 is 0.968 bits per heavy atom. The smallest absolute Gasteiger partial charge is 0.337 e. The van der Waals surface area contributed by atoms with Gasteiger partial charge in [0.25, 0.3) is 23.4 Å². The van der Waals surface area contributed by atoms with Gasteiger partial charge in [0.05, 0.1) is 95.7 Å². The van der Waals surface area contributed by atoms with E-state index in [-0.39, 0.29) is 43.0 Å². The third kappa shape index (κ3) is 15.1. The average Bonchev–Trinajstić information content (AvgIpc) is 3.29. The number of hydrogen-bond acceptors (Lipinski definition) is 13. The lowest BCUT2D eigenvalue weighted by molar-refractivity contribution is -0.384. The van der Waals surface area contributed by atoms with Crippen molar-refractivity contribution in [2.45, 2.75) is 26.1 Å². The number of carbonyl (C=O) groups excluding carboxylic acids is 4. The fourth-order valence-corrected chi connectivity index (χ4v) is 5.96. The maximum atomic E-state index is 14.0. The highest BCUT2D eigenvalue weighted by Gasteiger charge is 2.24. The average molecular weight is 859 g/mol. The van der Waals surface area contributed by atoms with Crippen LogP contribution in [-0.4, -0.2) is 128 Å². The molecule has 0 bridgehead atoms. The van der Waals surface area contributed by atoms with Gasteiger partial charge in [-0.2, -0.15) is 0 Å². The van der Waals surface area contributed by atoms with Gasteiger partial charge in [0.15, 0.2) is 0 Å². The lowest BCUT2D eigenvalue weighted by atomic mass is 10.1. The quantitative estimate of drug-likeness (QED) is 0.0332. The summed E-state index contributed by atoms with van der Waals surface area (Å²) >= 11 is 0. The standard InChI is InChI=1S/C45H54N4O13/c1-32(61-28-26-59-24-22-56-3)30-47(44(52)36-10-20-41(21-11-36)49(54)55)39-16-8-34(9-17-39)42(50)46-38-14-6-35(7-15-38)43(51)48(31-33(2)62-29-27-60-25-23-57-4)40-18-12-37(13-19-40)45(53)58-5/h6-21,32-33H,22-31H2,1-5H3,(H,46,50)/t32-,33-/m1/s1. The van der Waals surface area contributed by atoms with Crippen LogP contribution in [0.25, 0.3) is 0 Å². The topological polar surface area (TPSA) is 195 Å². The molecular weight excluding hydrogens is 805 g/mol. The second kappa shape index (κ2) is 25.6. The predicted octanol–water partition coefficient (Wildman–Crippen LogP) is 6.06. The summed E-state index contributed by atoms with van der Waals surface area (Å²) in [5, 5.41) is 14.1. The van der Waals surface area contributed by atoms with Crippen LogP contribution in [0.3, 0.4) is 0 Å². The van der Waals surface area contributed by atoms with E-state index in [1.807, 2.05) is 13.8 Å². The Bertz CT molecular complexity index is 2030. The number of nitro benzene ring substituents is 1.